The molecular weight excluding hydrogens is 316 g/mol. The molecule has 7 nitrogen and oxygen atoms in total. The van der Waals surface area contributed by atoms with Gasteiger partial charge in [0.15, 0.2) is 0 Å². The van der Waals surface area contributed by atoms with Crippen LogP contribution in [0.2, 0.25) is 0 Å². The van der Waals surface area contributed by atoms with E-state index in [9.17, 15) is 13.2 Å². The highest BCUT2D eigenvalue weighted by molar-refractivity contribution is 7.89. The molecule has 1 aromatic heterocycles. The number of sulfonamides is 1. The first kappa shape index (κ1) is 17.7. The lowest BCUT2D eigenvalue weighted by molar-refractivity contribution is -0.126. The number of carbonyl (C=O) groups is 1. The summed E-state index contributed by atoms with van der Waals surface area (Å²) in [5, 5.41) is 2.95. The van der Waals surface area contributed by atoms with Gasteiger partial charge in [-0.15, -0.1) is 0 Å². The van der Waals surface area contributed by atoms with E-state index < -0.39 is 10.0 Å². The molecule has 23 heavy (non-hydrogen) atoms. The van der Waals surface area contributed by atoms with Gasteiger partial charge in [0, 0.05) is 31.2 Å². The van der Waals surface area contributed by atoms with Gasteiger partial charge in [-0.3, -0.25) is 4.79 Å². The van der Waals surface area contributed by atoms with Crippen molar-refractivity contribution in [1.29, 1.82) is 0 Å². The zero-order chi connectivity index (χ0) is 17.0. The van der Waals surface area contributed by atoms with Crippen molar-refractivity contribution in [3.63, 3.8) is 0 Å². The third-order valence-corrected chi connectivity index (χ3v) is 5.32. The zero-order valence-corrected chi connectivity index (χ0v) is 14.6. The molecule has 1 aliphatic heterocycles. The summed E-state index contributed by atoms with van der Waals surface area (Å²) in [6.07, 6.45) is 2.91. The van der Waals surface area contributed by atoms with E-state index in [1.165, 1.54) is 13.2 Å². The summed E-state index contributed by atoms with van der Waals surface area (Å²) < 4.78 is 25.6. The normalized spacial score (nSPS) is 16.6. The number of amides is 1. The van der Waals surface area contributed by atoms with E-state index in [1.54, 1.807) is 12.1 Å². The third kappa shape index (κ3) is 4.42. The quantitative estimate of drug-likeness (QED) is 0.824. The highest BCUT2D eigenvalue weighted by Crippen LogP contribution is 2.22. The fourth-order valence-corrected chi connectivity index (χ4v) is 3.28. The van der Waals surface area contributed by atoms with Gasteiger partial charge in [-0.05, 0) is 45.9 Å². The number of hydrogen-bond acceptors (Lipinski definition) is 5. The van der Waals surface area contributed by atoms with E-state index in [1.807, 2.05) is 13.8 Å². The maximum absolute atomic E-state index is 12.0. The van der Waals surface area contributed by atoms with E-state index in [0.29, 0.717) is 0 Å². The Hall–Kier alpha value is -1.67. The van der Waals surface area contributed by atoms with Crippen LogP contribution in [0.3, 0.4) is 0 Å². The summed E-state index contributed by atoms with van der Waals surface area (Å²) >= 11 is 0. The van der Waals surface area contributed by atoms with Crippen molar-refractivity contribution < 1.29 is 13.2 Å². The van der Waals surface area contributed by atoms with Crippen molar-refractivity contribution in [2.75, 3.05) is 25.0 Å². The second-order valence-electron chi connectivity index (χ2n) is 5.98. The largest absolute Gasteiger partial charge is 0.357 e. The summed E-state index contributed by atoms with van der Waals surface area (Å²) in [4.78, 5) is 18.5. The van der Waals surface area contributed by atoms with Gasteiger partial charge in [-0.1, -0.05) is 0 Å². The lowest BCUT2D eigenvalue weighted by Crippen LogP contribution is -2.42. The molecular formula is C15H24N4O3S. The monoisotopic (exact) mass is 340 g/mol. The molecule has 0 saturated carbocycles. The van der Waals surface area contributed by atoms with Crippen molar-refractivity contribution >= 4 is 21.7 Å². The average Bonchev–Trinajstić information content (AvgIpc) is 2.54. The summed E-state index contributed by atoms with van der Waals surface area (Å²) in [7, 11) is -2.09. The molecule has 0 atom stereocenters. The minimum Gasteiger partial charge on any atom is -0.357 e. The average molecular weight is 340 g/mol. The molecule has 128 valence electrons. The number of nitrogens with one attached hydrogen (secondary N) is 2. The van der Waals surface area contributed by atoms with E-state index in [0.717, 1.165) is 31.7 Å². The van der Waals surface area contributed by atoms with Crippen molar-refractivity contribution in [2.24, 2.45) is 5.92 Å². The van der Waals surface area contributed by atoms with Gasteiger partial charge < -0.3 is 10.2 Å². The Balaban J connectivity index is 1.97. The second kappa shape index (κ2) is 7.27. The molecule has 0 aromatic carbocycles. The van der Waals surface area contributed by atoms with Crippen LogP contribution in [0.15, 0.2) is 23.2 Å². The van der Waals surface area contributed by atoms with Crippen LogP contribution in [0, 0.1) is 5.92 Å². The maximum Gasteiger partial charge on any atom is 0.241 e. The standard InChI is InChI=1S/C15H24N4O3S/c1-11(2)18-15(20)12-6-8-19(9-7-12)14-5-4-13(10-17-14)23(21,22)16-3/h4-5,10-12,16H,6-9H2,1-3H3,(H,18,20). The SMILES string of the molecule is CNS(=O)(=O)c1ccc(N2CCC(C(=O)NC(C)C)CC2)nc1. The Bertz CT molecular complexity index is 635. The van der Waals surface area contributed by atoms with Crippen molar-refractivity contribution in [2.45, 2.75) is 37.6 Å². The molecule has 1 saturated heterocycles. The number of hydrogen-bond donors (Lipinski definition) is 2. The minimum atomic E-state index is -3.46. The summed E-state index contributed by atoms with van der Waals surface area (Å²) in [5.41, 5.74) is 0. The Morgan fingerprint density at radius 2 is 1.96 bits per heavy atom. The smallest absolute Gasteiger partial charge is 0.241 e. The minimum absolute atomic E-state index is 0.0394. The molecule has 1 aromatic rings. The van der Waals surface area contributed by atoms with E-state index in [2.05, 4.69) is 19.9 Å². The van der Waals surface area contributed by atoms with Gasteiger partial charge >= 0.3 is 0 Å². The predicted molar refractivity (Wildman–Crippen MR) is 88.7 cm³/mol. The third-order valence-electron chi connectivity index (χ3n) is 3.92. The van der Waals surface area contributed by atoms with Crippen molar-refractivity contribution in [1.82, 2.24) is 15.0 Å². The molecule has 0 unspecified atom stereocenters. The number of pyridine rings is 1. The van der Waals surface area contributed by atoms with Crippen LogP contribution in [0.4, 0.5) is 5.82 Å². The topological polar surface area (TPSA) is 91.4 Å². The molecule has 0 radical (unpaired) electrons. The van der Waals surface area contributed by atoms with E-state index in [-0.39, 0.29) is 22.8 Å². The van der Waals surface area contributed by atoms with Gasteiger partial charge in [-0.25, -0.2) is 18.1 Å². The number of piperidine rings is 1. The Morgan fingerprint density at radius 1 is 1.30 bits per heavy atom. The van der Waals surface area contributed by atoms with Crippen LogP contribution in [0.25, 0.3) is 0 Å². The molecule has 1 aliphatic rings. The van der Waals surface area contributed by atoms with Crippen LogP contribution in [-0.4, -0.2) is 45.5 Å². The summed E-state index contributed by atoms with van der Waals surface area (Å²) in [5.74, 6) is 0.892. The zero-order valence-electron chi connectivity index (χ0n) is 13.7. The van der Waals surface area contributed by atoms with Gasteiger partial charge in [0.25, 0.3) is 0 Å². The lowest BCUT2D eigenvalue weighted by Gasteiger charge is -2.32. The molecule has 0 bridgehead atoms. The fourth-order valence-electron chi connectivity index (χ4n) is 2.61. The van der Waals surface area contributed by atoms with Gasteiger partial charge in [-0.2, -0.15) is 0 Å². The first-order valence-corrected chi connectivity index (χ1v) is 9.26. The van der Waals surface area contributed by atoms with Crippen LogP contribution in [0.5, 0.6) is 0 Å². The number of nitrogens with zero attached hydrogens (tertiary/aromatic N) is 2. The second-order valence-corrected chi connectivity index (χ2v) is 7.87. The molecule has 0 aliphatic carbocycles. The molecule has 8 heteroatoms. The number of carbonyl (C=O) groups excluding carboxylic acids is 1. The van der Waals surface area contributed by atoms with Gasteiger partial charge in [0.2, 0.25) is 15.9 Å². The van der Waals surface area contributed by atoms with Gasteiger partial charge in [0.1, 0.15) is 10.7 Å². The maximum atomic E-state index is 12.0. The van der Waals surface area contributed by atoms with E-state index >= 15 is 0 Å². The predicted octanol–water partition coefficient (Wildman–Crippen LogP) is 0.731. The molecule has 2 rings (SSSR count). The molecule has 1 fully saturated rings. The number of aromatic nitrogens is 1. The fraction of sp³-hybridized carbons (Fsp3) is 0.600. The Kier molecular flexibility index (Phi) is 5.59. The van der Waals surface area contributed by atoms with Crippen LogP contribution in [-0.2, 0) is 14.8 Å². The van der Waals surface area contributed by atoms with Crippen LogP contribution in [0.1, 0.15) is 26.7 Å². The molecule has 2 N–H and O–H groups in total. The molecule has 1 amide bonds. The highest BCUT2D eigenvalue weighted by atomic mass is 32.2. The summed E-state index contributed by atoms with van der Waals surface area (Å²) in [6, 6.07) is 3.41. The lowest BCUT2D eigenvalue weighted by atomic mass is 9.95. The Labute approximate surface area is 137 Å². The van der Waals surface area contributed by atoms with Crippen LogP contribution < -0.4 is 14.9 Å². The summed E-state index contributed by atoms with van der Waals surface area (Å²) in [6.45, 7) is 5.39. The Morgan fingerprint density at radius 3 is 2.43 bits per heavy atom. The van der Waals surface area contributed by atoms with Crippen molar-refractivity contribution in [3.8, 4) is 0 Å². The first-order valence-electron chi connectivity index (χ1n) is 7.78. The number of anilines is 1. The van der Waals surface area contributed by atoms with Crippen LogP contribution >= 0.6 is 0 Å². The van der Waals surface area contributed by atoms with Crippen molar-refractivity contribution in [3.05, 3.63) is 18.3 Å². The first-order chi connectivity index (χ1) is 10.8. The van der Waals surface area contributed by atoms with Gasteiger partial charge in [0.05, 0.1) is 0 Å². The molecule has 0 spiro atoms. The molecule has 2 heterocycles. The highest BCUT2D eigenvalue weighted by Gasteiger charge is 2.26. The number of rotatable bonds is 5. The van der Waals surface area contributed by atoms with E-state index in [4.69, 9.17) is 0 Å².